The summed E-state index contributed by atoms with van der Waals surface area (Å²) in [4.78, 5) is 14.8. The highest BCUT2D eigenvalue weighted by atomic mass is 32.2. The largest absolute Gasteiger partial charge is 0.497 e. The smallest absolute Gasteiger partial charge is 0.271 e. The maximum Gasteiger partial charge on any atom is 0.271 e. The van der Waals surface area contributed by atoms with Crippen LogP contribution in [0.25, 0.3) is 6.08 Å². The van der Waals surface area contributed by atoms with E-state index in [1.165, 1.54) is 16.7 Å². The molecule has 4 nitrogen and oxygen atoms in total. The Kier molecular flexibility index (Phi) is 4.44. The molecule has 0 radical (unpaired) electrons. The molecule has 2 aromatic carbocycles. The minimum atomic E-state index is -0.158. The zero-order valence-electron chi connectivity index (χ0n) is 13.8. The fraction of sp³-hybridized carbons (Fsp3) is 0.158. The predicted octanol–water partition coefficient (Wildman–Crippen LogP) is 4.37. The van der Waals surface area contributed by atoms with E-state index in [1.807, 2.05) is 62.4 Å². The van der Waals surface area contributed by atoms with E-state index in [0.29, 0.717) is 4.91 Å². The number of amidine groups is 1. The van der Waals surface area contributed by atoms with E-state index >= 15 is 0 Å². The minimum Gasteiger partial charge on any atom is -0.497 e. The van der Waals surface area contributed by atoms with Crippen LogP contribution in [0.1, 0.15) is 16.7 Å². The van der Waals surface area contributed by atoms with Crippen LogP contribution in [-0.4, -0.2) is 18.2 Å². The Bertz CT molecular complexity index is 841. The molecule has 0 aromatic heterocycles. The third-order valence-corrected chi connectivity index (χ3v) is 4.73. The van der Waals surface area contributed by atoms with Gasteiger partial charge in [-0.15, -0.1) is 0 Å². The molecule has 0 saturated carbocycles. The molecule has 2 aromatic rings. The van der Waals surface area contributed by atoms with Crippen LogP contribution >= 0.6 is 11.8 Å². The number of nitrogens with one attached hydrogen (secondary N) is 1. The Morgan fingerprint density at radius 1 is 1.12 bits per heavy atom. The van der Waals surface area contributed by atoms with E-state index in [-0.39, 0.29) is 11.1 Å². The number of nitrogens with zero attached hydrogens (tertiary/aromatic N) is 1. The van der Waals surface area contributed by atoms with Gasteiger partial charge in [0.25, 0.3) is 5.91 Å². The molecule has 0 bridgehead atoms. The molecule has 0 aliphatic carbocycles. The van der Waals surface area contributed by atoms with Gasteiger partial charge in [-0.1, -0.05) is 24.3 Å². The van der Waals surface area contributed by atoms with Gasteiger partial charge in [0.05, 0.1) is 17.7 Å². The number of thioether (sulfide) groups is 1. The molecule has 1 amide bonds. The number of anilines is 1. The quantitative estimate of drug-likeness (QED) is 0.846. The van der Waals surface area contributed by atoms with Crippen LogP contribution in [0.3, 0.4) is 0 Å². The van der Waals surface area contributed by atoms with Gasteiger partial charge in [0.15, 0.2) is 5.17 Å². The molecule has 3 rings (SSSR count). The van der Waals surface area contributed by atoms with Gasteiger partial charge in [0.2, 0.25) is 0 Å². The Morgan fingerprint density at radius 3 is 2.50 bits per heavy atom. The van der Waals surface area contributed by atoms with Crippen molar-refractivity contribution < 1.29 is 9.53 Å². The summed E-state index contributed by atoms with van der Waals surface area (Å²) in [7, 11) is 1.62. The molecule has 122 valence electrons. The highest BCUT2D eigenvalue weighted by Crippen LogP contribution is 2.36. The number of amides is 1. The molecule has 1 N–H and O–H groups in total. The first-order chi connectivity index (χ1) is 11.5. The Morgan fingerprint density at radius 2 is 1.83 bits per heavy atom. The Hall–Kier alpha value is -2.53. The zero-order chi connectivity index (χ0) is 17.3. The topological polar surface area (TPSA) is 53.4 Å². The van der Waals surface area contributed by atoms with Crippen LogP contribution in [-0.2, 0) is 4.79 Å². The van der Waals surface area contributed by atoms with Crippen LogP contribution < -0.4 is 9.64 Å². The van der Waals surface area contributed by atoms with Gasteiger partial charge in [-0.3, -0.25) is 15.1 Å². The number of carbonyl (C=O) groups is 1. The van der Waals surface area contributed by atoms with E-state index in [4.69, 9.17) is 10.1 Å². The first-order valence-electron chi connectivity index (χ1n) is 7.53. The number of ether oxygens (including phenoxy) is 1. The van der Waals surface area contributed by atoms with Crippen LogP contribution in [0.4, 0.5) is 5.69 Å². The van der Waals surface area contributed by atoms with Gasteiger partial charge < -0.3 is 4.74 Å². The third kappa shape index (κ3) is 3.08. The number of hydrogen-bond acceptors (Lipinski definition) is 4. The predicted molar refractivity (Wildman–Crippen MR) is 99.7 cm³/mol. The molecule has 1 fully saturated rings. The van der Waals surface area contributed by atoms with Crippen molar-refractivity contribution in [1.29, 1.82) is 5.41 Å². The van der Waals surface area contributed by atoms with Crippen LogP contribution in [0.15, 0.2) is 47.4 Å². The van der Waals surface area contributed by atoms with Crippen LogP contribution in [0.2, 0.25) is 0 Å². The lowest BCUT2D eigenvalue weighted by Crippen LogP contribution is -2.28. The molecular formula is C19H18N2O2S. The minimum absolute atomic E-state index is 0.158. The van der Waals surface area contributed by atoms with Crippen molar-refractivity contribution >= 4 is 34.6 Å². The average Bonchev–Trinajstić information content (AvgIpc) is 2.84. The fourth-order valence-corrected chi connectivity index (χ4v) is 3.37. The number of aryl methyl sites for hydroxylation is 2. The summed E-state index contributed by atoms with van der Waals surface area (Å²) in [6.07, 6.45) is 1.81. The normalized spacial score (nSPS) is 16.1. The summed E-state index contributed by atoms with van der Waals surface area (Å²) >= 11 is 1.19. The fourth-order valence-electron chi connectivity index (χ4n) is 2.52. The Balaban J connectivity index is 1.93. The van der Waals surface area contributed by atoms with Crippen molar-refractivity contribution in [2.45, 2.75) is 13.8 Å². The lowest BCUT2D eigenvalue weighted by Gasteiger charge is -2.17. The summed E-state index contributed by atoms with van der Waals surface area (Å²) < 4.78 is 5.14. The number of benzene rings is 2. The van der Waals surface area contributed by atoms with E-state index in [0.717, 1.165) is 28.1 Å². The van der Waals surface area contributed by atoms with E-state index in [2.05, 4.69) is 0 Å². The molecule has 0 unspecified atom stereocenters. The van der Waals surface area contributed by atoms with Crippen molar-refractivity contribution in [2.75, 3.05) is 12.0 Å². The van der Waals surface area contributed by atoms with Crippen molar-refractivity contribution in [3.8, 4) is 5.75 Å². The maximum atomic E-state index is 12.8. The van der Waals surface area contributed by atoms with Crippen LogP contribution in [0.5, 0.6) is 5.75 Å². The first kappa shape index (κ1) is 16.3. The standard InChI is InChI=1S/C19H18N2O2S/c1-12-4-5-13(2)16(10-12)21-18(22)17(24-19(21)20)11-14-6-8-15(23-3)9-7-14/h4-11,20H,1-3H3. The molecule has 1 heterocycles. The van der Waals surface area contributed by atoms with Gasteiger partial charge in [0.1, 0.15) is 5.75 Å². The van der Waals surface area contributed by atoms with Crippen molar-refractivity contribution in [3.05, 3.63) is 64.1 Å². The molecule has 0 atom stereocenters. The molecular weight excluding hydrogens is 320 g/mol. The lowest BCUT2D eigenvalue weighted by molar-refractivity contribution is -0.113. The SMILES string of the molecule is COc1ccc(C=C2SC(=N)N(c3cc(C)ccc3C)C2=O)cc1. The van der Waals surface area contributed by atoms with Gasteiger partial charge in [-0.05, 0) is 66.6 Å². The summed E-state index contributed by atoms with van der Waals surface area (Å²) in [5, 5.41) is 8.44. The number of carbonyl (C=O) groups excluding carboxylic acids is 1. The van der Waals surface area contributed by atoms with Crippen molar-refractivity contribution in [1.82, 2.24) is 0 Å². The van der Waals surface area contributed by atoms with E-state index in [9.17, 15) is 4.79 Å². The number of rotatable bonds is 3. The van der Waals surface area contributed by atoms with Crippen molar-refractivity contribution in [3.63, 3.8) is 0 Å². The monoisotopic (exact) mass is 338 g/mol. The molecule has 0 spiro atoms. The van der Waals surface area contributed by atoms with Crippen LogP contribution in [0, 0.1) is 19.3 Å². The highest BCUT2D eigenvalue weighted by molar-refractivity contribution is 8.19. The molecule has 24 heavy (non-hydrogen) atoms. The molecule has 1 saturated heterocycles. The van der Waals surface area contributed by atoms with Crippen molar-refractivity contribution in [2.24, 2.45) is 0 Å². The summed E-state index contributed by atoms with van der Waals surface area (Å²) in [5.74, 6) is 0.613. The second-order valence-corrected chi connectivity index (χ2v) is 6.65. The van der Waals surface area contributed by atoms with Gasteiger partial charge in [-0.2, -0.15) is 0 Å². The average molecular weight is 338 g/mol. The lowest BCUT2D eigenvalue weighted by atomic mass is 10.1. The number of methoxy groups -OCH3 is 1. The van der Waals surface area contributed by atoms with Gasteiger partial charge in [0, 0.05) is 0 Å². The summed E-state index contributed by atoms with van der Waals surface area (Å²) in [6, 6.07) is 13.4. The second kappa shape index (κ2) is 6.53. The summed E-state index contributed by atoms with van der Waals surface area (Å²) in [6.45, 7) is 3.93. The van der Waals surface area contributed by atoms with Gasteiger partial charge >= 0.3 is 0 Å². The van der Waals surface area contributed by atoms with E-state index in [1.54, 1.807) is 7.11 Å². The molecule has 1 aliphatic heterocycles. The summed E-state index contributed by atoms with van der Waals surface area (Å²) in [5.41, 5.74) is 3.72. The second-order valence-electron chi connectivity index (χ2n) is 5.62. The number of hydrogen-bond donors (Lipinski definition) is 1. The first-order valence-corrected chi connectivity index (χ1v) is 8.35. The Labute approximate surface area is 145 Å². The van der Waals surface area contributed by atoms with E-state index < -0.39 is 0 Å². The third-order valence-electron chi connectivity index (χ3n) is 3.84. The maximum absolute atomic E-state index is 12.8. The molecule has 5 heteroatoms. The van der Waals surface area contributed by atoms with Gasteiger partial charge in [-0.25, -0.2) is 0 Å². The molecule has 1 aliphatic rings. The highest BCUT2D eigenvalue weighted by Gasteiger charge is 2.34. The zero-order valence-corrected chi connectivity index (χ0v) is 14.6.